The van der Waals surface area contributed by atoms with Crippen LogP contribution in [0.2, 0.25) is 0 Å². The van der Waals surface area contributed by atoms with E-state index in [4.69, 9.17) is 9.47 Å². The van der Waals surface area contributed by atoms with Crippen LogP contribution in [0.3, 0.4) is 0 Å². The van der Waals surface area contributed by atoms with Gasteiger partial charge in [0.1, 0.15) is 6.10 Å². The SMILES string of the molecule is COc1ccc(C(=O)Nc2ccc(NC(=O)C3CCCO3)cc2C(F)(F)F)cc1OC(F)F. The Morgan fingerprint density at radius 1 is 1.09 bits per heavy atom. The van der Waals surface area contributed by atoms with E-state index in [1.807, 2.05) is 0 Å². The fourth-order valence-electron chi connectivity index (χ4n) is 3.17. The van der Waals surface area contributed by atoms with Gasteiger partial charge < -0.3 is 24.8 Å². The zero-order valence-electron chi connectivity index (χ0n) is 17.2. The lowest BCUT2D eigenvalue weighted by molar-refractivity contribution is -0.137. The molecule has 12 heteroatoms. The number of hydrogen-bond donors (Lipinski definition) is 2. The first-order valence-electron chi connectivity index (χ1n) is 9.66. The Morgan fingerprint density at radius 2 is 1.85 bits per heavy atom. The van der Waals surface area contributed by atoms with Crippen molar-refractivity contribution in [3.05, 3.63) is 47.5 Å². The first-order chi connectivity index (χ1) is 15.6. The Labute approximate surface area is 184 Å². The maximum atomic E-state index is 13.6. The van der Waals surface area contributed by atoms with Crippen LogP contribution in [0.25, 0.3) is 0 Å². The van der Waals surface area contributed by atoms with Crippen molar-refractivity contribution < 1.29 is 45.8 Å². The largest absolute Gasteiger partial charge is 0.493 e. The van der Waals surface area contributed by atoms with Gasteiger partial charge in [-0.15, -0.1) is 0 Å². The summed E-state index contributed by atoms with van der Waals surface area (Å²) in [4.78, 5) is 24.6. The second-order valence-corrected chi connectivity index (χ2v) is 6.95. The number of carbonyl (C=O) groups excluding carboxylic acids is 2. The van der Waals surface area contributed by atoms with Crippen LogP contribution in [-0.2, 0) is 15.7 Å². The molecular formula is C21H19F5N2O5. The van der Waals surface area contributed by atoms with Gasteiger partial charge in [0.15, 0.2) is 11.5 Å². The Bertz CT molecular complexity index is 1020. The predicted octanol–water partition coefficient (Wildman–Crippen LogP) is 4.69. The van der Waals surface area contributed by atoms with Crippen molar-refractivity contribution in [2.75, 3.05) is 24.4 Å². The molecule has 0 aliphatic carbocycles. The number of carbonyl (C=O) groups is 2. The van der Waals surface area contributed by atoms with Gasteiger partial charge in [-0.2, -0.15) is 22.0 Å². The van der Waals surface area contributed by atoms with E-state index in [1.165, 1.54) is 25.3 Å². The number of hydrogen-bond acceptors (Lipinski definition) is 5. The van der Waals surface area contributed by atoms with Crippen molar-refractivity contribution in [3.63, 3.8) is 0 Å². The fourth-order valence-corrected chi connectivity index (χ4v) is 3.17. The molecule has 33 heavy (non-hydrogen) atoms. The van der Waals surface area contributed by atoms with Gasteiger partial charge >= 0.3 is 12.8 Å². The summed E-state index contributed by atoms with van der Waals surface area (Å²) < 4.78 is 80.4. The molecule has 0 spiro atoms. The lowest BCUT2D eigenvalue weighted by Crippen LogP contribution is -2.27. The lowest BCUT2D eigenvalue weighted by Gasteiger charge is -2.17. The summed E-state index contributed by atoms with van der Waals surface area (Å²) in [6.07, 6.45) is -4.47. The molecule has 0 bridgehead atoms. The number of nitrogens with one attached hydrogen (secondary N) is 2. The topological polar surface area (TPSA) is 85.9 Å². The minimum atomic E-state index is -4.86. The zero-order chi connectivity index (χ0) is 24.2. The average molecular weight is 474 g/mol. The molecule has 0 saturated carbocycles. The van der Waals surface area contributed by atoms with Crippen molar-refractivity contribution >= 4 is 23.2 Å². The molecule has 2 aromatic rings. The van der Waals surface area contributed by atoms with Crippen LogP contribution in [0.15, 0.2) is 36.4 Å². The van der Waals surface area contributed by atoms with Crippen LogP contribution in [0.5, 0.6) is 11.5 Å². The van der Waals surface area contributed by atoms with E-state index in [-0.39, 0.29) is 17.0 Å². The molecule has 1 unspecified atom stereocenters. The summed E-state index contributed by atoms with van der Waals surface area (Å²) in [6.45, 7) is -2.81. The zero-order valence-corrected chi connectivity index (χ0v) is 17.2. The quantitative estimate of drug-likeness (QED) is 0.569. The summed E-state index contributed by atoms with van der Waals surface area (Å²) >= 11 is 0. The highest BCUT2D eigenvalue weighted by Crippen LogP contribution is 2.37. The molecule has 1 saturated heterocycles. The molecule has 7 nitrogen and oxygen atoms in total. The van der Waals surface area contributed by atoms with Crippen LogP contribution in [0.4, 0.5) is 33.3 Å². The van der Waals surface area contributed by atoms with Crippen LogP contribution in [-0.4, -0.2) is 38.2 Å². The Kier molecular flexibility index (Phi) is 7.36. The number of alkyl halides is 5. The fraction of sp³-hybridized carbons (Fsp3) is 0.333. The van der Waals surface area contributed by atoms with Gasteiger partial charge in [0.2, 0.25) is 0 Å². The van der Waals surface area contributed by atoms with Gasteiger partial charge in [0.05, 0.1) is 18.4 Å². The van der Waals surface area contributed by atoms with E-state index in [9.17, 15) is 31.5 Å². The highest BCUT2D eigenvalue weighted by atomic mass is 19.4. The Morgan fingerprint density at radius 3 is 2.45 bits per heavy atom. The van der Waals surface area contributed by atoms with Gasteiger partial charge in [0, 0.05) is 17.9 Å². The third-order valence-corrected chi connectivity index (χ3v) is 4.70. The van der Waals surface area contributed by atoms with E-state index >= 15 is 0 Å². The molecule has 178 valence electrons. The highest BCUT2D eigenvalue weighted by molar-refractivity contribution is 6.05. The number of amides is 2. The molecule has 1 aliphatic heterocycles. The minimum Gasteiger partial charge on any atom is -0.493 e. The van der Waals surface area contributed by atoms with E-state index in [1.54, 1.807) is 0 Å². The van der Waals surface area contributed by atoms with Gasteiger partial charge in [-0.25, -0.2) is 0 Å². The third-order valence-electron chi connectivity index (χ3n) is 4.70. The summed E-state index contributed by atoms with van der Waals surface area (Å²) in [6, 6.07) is 6.12. The summed E-state index contributed by atoms with van der Waals surface area (Å²) in [7, 11) is 1.20. The smallest absolute Gasteiger partial charge is 0.418 e. The maximum Gasteiger partial charge on any atom is 0.418 e. The predicted molar refractivity (Wildman–Crippen MR) is 107 cm³/mol. The van der Waals surface area contributed by atoms with Crippen molar-refractivity contribution in [3.8, 4) is 11.5 Å². The van der Waals surface area contributed by atoms with Gasteiger partial charge in [0.25, 0.3) is 11.8 Å². The molecule has 0 radical (unpaired) electrons. The molecular weight excluding hydrogens is 455 g/mol. The third kappa shape index (κ3) is 6.09. The standard InChI is InChI=1S/C21H19F5N2O5/c1-31-15-7-4-11(9-17(15)33-20(22)23)18(29)28-14-6-5-12(10-13(14)21(24,25)26)27-19(30)16-3-2-8-32-16/h4-7,9-10,16,20H,2-3,8H2,1H3,(H,27,30)(H,28,29). The van der Waals surface area contributed by atoms with Crippen molar-refractivity contribution in [1.82, 2.24) is 0 Å². The normalized spacial score (nSPS) is 15.9. The molecule has 1 atom stereocenters. The molecule has 2 N–H and O–H groups in total. The molecule has 3 rings (SSSR count). The van der Waals surface area contributed by atoms with Crippen molar-refractivity contribution in [2.45, 2.75) is 31.7 Å². The molecule has 0 aromatic heterocycles. The number of methoxy groups -OCH3 is 1. The summed E-state index contributed by atoms with van der Waals surface area (Å²) in [5.74, 6) is -2.11. The lowest BCUT2D eigenvalue weighted by atomic mass is 10.1. The molecule has 2 amide bonds. The van der Waals surface area contributed by atoms with Crippen LogP contribution in [0, 0.1) is 0 Å². The monoisotopic (exact) mass is 474 g/mol. The van der Waals surface area contributed by atoms with Gasteiger partial charge in [-0.1, -0.05) is 0 Å². The first kappa shape index (κ1) is 24.2. The number of rotatable bonds is 7. The van der Waals surface area contributed by atoms with Crippen LogP contribution < -0.4 is 20.1 Å². The first-order valence-corrected chi connectivity index (χ1v) is 9.66. The highest BCUT2D eigenvalue weighted by Gasteiger charge is 2.35. The number of benzene rings is 2. The van der Waals surface area contributed by atoms with Gasteiger partial charge in [-0.3, -0.25) is 9.59 Å². The van der Waals surface area contributed by atoms with Crippen LogP contribution in [0.1, 0.15) is 28.8 Å². The maximum absolute atomic E-state index is 13.6. The number of halogens is 5. The summed E-state index contributed by atoms with van der Waals surface area (Å²) in [5, 5.41) is 4.48. The van der Waals surface area contributed by atoms with Crippen molar-refractivity contribution in [1.29, 1.82) is 0 Å². The molecule has 2 aromatic carbocycles. The Balaban J connectivity index is 1.83. The van der Waals surface area contributed by atoms with Crippen molar-refractivity contribution in [2.24, 2.45) is 0 Å². The second kappa shape index (κ2) is 10.0. The number of ether oxygens (including phenoxy) is 3. The van der Waals surface area contributed by atoms with E-state index in [0.29, 0.717) is 25.5 Å². The average Bonchev–Trinajstić information content (AvgIpc) is 3.28. The molecule has 1 heterocycles. The Hall–Kier alpha value is -3.41. The van der Waals surface area contributed by atoms with Gasteiger partial charge in [-0.05, 0) is 49.2 Å². The van der Waals surface area contributed by atoms with E-state index in [2.05, 4.69) is 15.4 Å². The van der Waals surface area contributed by atoms with E-state index < -0.39 is 47.7 Å². The molecule has 1 aliphatic rings. The molecule has 1 fully saturated rings. The number of anilines is 2. The van der Waals surface area contributed by atoms with Crippen LogP contribution >= 0.6 is 0 Å². The summed E-state index contributed by atoms with van der Waals surface area (Å²) in [5.41, 5.74) is -2.17. The second-order valence-electron chi connectivity index (χ2n) is 6.95. The van der Waals surface area contributed by atoms with E-state index in [0.717, 1.165) is 12.1 Å². The minimum absolute atomic E-state index is 0.0887.